The molecule has 2 aromatic carbocycles. The summed E-state index contributed by atoms with van der Waals surface area (Å²) in [5.41, 5.74) is 8.32. The molecule has 0 saturated heterocycles. The van der Waals surface area contributed by atoms with Crippen LogP contribution < -0.4 is 15.8 Å². The van der Waals surface area contributed by atoms with Gasteiger partial charge in [0.2, 0.25) is 5.91 Å². The minimum Gasteiger partial charge on any atom is -0.495 e. The Morgan fingerprint density at radius 2 is 2.16 bits per heavy atom. The van der Waals surface area contributed by atoms with Gasteiger partial charge >= 0.3 is 0 Å². The minimum absolute atomic E-state index is 0.402. The van der Waals surface area contributed by atoms with Crippen molar-refractivity contribution in [2.24, 2.45) is 12.8 Å². The summed E-state index contributed by atoms with van der Waals surface area (Å²) in [4.78, 5) is 16.1. The van der Waals surface area contributed by atoms with E-state index in [4.69, 9.17) is 10.5 Å². The van der Waals surface area contributed by atoms with Gasteiger partial charge in [-0.1, -0.05) is 11.3 Å². The highest BCUT2D eigenvalue weighted by molar-refractivity contribution is 7.22. The fourth-order valence-electron chi connectivity index (χ4n) is 2.75. The Morgan fingerprint density at radius 3 is 2.92 bits per heavy atom. The van der Waals surface area contributed by atoms with Crippen LogP contribution in [0.5, 0.6) is 5.75 Å². The van der Waals surface area contributed by atoms with E-state index in [1.807, 2.05) is 30.1 Å². The van der Waals surface area contributed by atoms with Crippen LogP contribution in [0.3, 0.4) is 0 Å². The summed E-state index contributed by atoms with van der Waals surface area (Å²) in [5, 5.41) is 9.22. The Morgan fingerprint density at radius 1 is 1.32 bits per heavy atom. The van der Waals surface area contributed by atoms with Gasteiger partial charge in [-0.25, -0.2) is 4.98 Å². The van der Waals surface area contributed by atoms with Crippen molar-refractivity contribution in [1.82, 2.24) is 14.8 Å². The van der Waals surface area contributed by atoms with Crippen LogP contribution in [0.1, 0.15) is 10.4 Å². The van der Waals surface area contributed by atoms with E-state index in [1.54, 1.807) is 25.3 Å². The van der Waals surface area contributed by atoms with Gasteiger partial charge in [-0.3, -0.25) is 9.48 Å². The number of aromatic nitrogens is 3. The van der Waals surface area contributed by atoms with Crippen molar-refractivity contribution in [2.75, 3.05) is 12.4 Å². The van der Waals surface area contributed by atoms with Crippen LogP contribution in [0.2, 0.25) is 0 Å². The summed E-state index contributed by atoms with van der Waals surface area (Å²) >= 11 is 1.52. The lowest BCUT2D eigenvalue weighted by Crippen LogP contribution is -2.11. The molecule has 0 spiro atoms. The summed E-state index contributed by atoms with van der Waals surface area (Å²) in [6.07, 6.45) is 1.81. The van der Waals surface area contributed by atoms with Crippen LogP contribution in [0.15, 0.2) is 36.5 Å². The molecule has 8 heteroatoms. The van der Waals surface area contributed by atoms with Crippen molar-refractivity contribution < 1.29 is 9.53 Å². The molecule has 0 aliphatic heterocycles. The van der Waals surface area contributed by atoms with Gasteiger partial charge in [-0.05, 0) is 30.3 Å². The number of thiazole rings is 1. The van der Waals surface area contributed by atoms with Gasteiger partial charge in [0.05, 0.1) is 34.7 Å². The number of nitrogens with zero attached hydrogens (tertiary/aromatic N) is 3. The Balaban J connectivity index is 1.79. The van der Waals surface area contributed by atoms with Crippen molar-refractivity contribution in [3.05, 3.63) is 42.1 Å². The highest BCUT2D eigenvalue weighted by Crippen LogP contribution is 2.35. The van der Waals surface area contributed by atoms with Crippen molar-refractivity contribution in [3.8, 4) is 5.75 Å². The van der Waals surface area contributed by atoms with E-state index < -0.39 is 5.91 Å². The molecule has 2 aromatic heterocycles. The Bertz CT molecular complexity index is 1120. The lowest BCUT2D eigenvalue weighted by atomic mass is 10.2. The fourth-order valence-corrected chi connectivity index (χ4v) is 3.64. The van der Waals surface area contributed by atoms with E-state index in [-0.39, 0.29) is 0 Å². The number of rotatable bonds is 4. The van der Waals surface area contributed by atoms with Crippen molar-refractivity contribution >= 4 is 49.2 Å². The first kappa shape index (κ1) is 15.4. The summed E-state index contributed by atoms with van der Waals surface area (Å²) in [6, 6.07) is 9.05. The maximum atomic E-state index is 11.4. The summed E-state index contributed by atoms with van der Waals surface area (Å²) in [5.74, 6) is 0.114. The lowest BCUT2D eigenvalue weighted by Gasteiger charge is -2.10. The number of hydrogen-bond donors (Lipinski definition) is 2. The quantitative estimate of drug-likeness (QED) is 0.588. The minimum atomic E-state index is -0.493. The molecule has 2 heterocycles. The maximum Gasteiger partial charge on any atom is 0.248 e. The number of benzene rings is 2. The molecule has 0 unspecified atom stereocenters. The van der Waals surface area contributed by atoms with E-state index in [0.29, 0.717) is 22.1 Å². The van der Waals surface area contributed by atoms with Gasteiger partial charge in [-0.15, -0.1) is 0 Å². The number of aryl methyl sites for hydroxylation is 1. The summed E-state index contributed by atoms with van der Waals surface area (Å²) in [7, 11) is 3.47. The number of nitrogens with one attached hydrogen (secondary N) is 1. The molecule has 0 fully saturated rings. The number of primary amides is 1. The molecular formula is C17H15N5O2S. The smallest absolute Gasteiger partial charge is 0.248 e. The number of ether oxygens (including phenoxy) is 1. The molecule has 7 nitrogen and oxygen atoms in total. The van der Waals surface area contributed by atoms with Gasteiger partial charge in [-0.2, -0.15) is 5.10 Å². The number of methoxy groups -OCH3 is 1. The lowest BCUT2D eigenvalue weighted by molar-refractivity contribution is 0.100. The maximum absolute atomic E-state index is 11.4. The molecule has 126 valence electrons. The van der Waals surface area contributed by atoms with Crippen LogP contribution in [0.4, 0.5) is 10.8 Å². The predicted molar refractivity (Wildman–Crippen MR) is 98.7 cm³/mol. The van der Waals surface area contributed by atoms with E-state index in [2.05, 4.69) is 15.4 Å². The molecule has 4 rings (SSSR count). The van der Waals surface area contributed by atoms with Gasteiger partial charge in [0.15, 0.2) is 5.13 Å². The van der Waals surface area contributed by atoms with Gasteiger partial charge in [0.1, 0.15) is 5.75 Å². The standard InChI is InChI=1S/C17H15N5O2S/c1-22-12-4-6-14-15(10(12)8-19-22)21-17(25-14)20-11-7-9(16(18)23)3-5-13(11)24-2/h3-8H,1-2H3,(H2,18,23)(H,20,21). The fraction of sp³-hybridized carbons (Fsp3) is 0.118. The van der Waals surface area contributed by atoms with E-state index in [0.717, 1.165) is 21.1 Å². The number of carbonyl (C=O) groups excluding carboxylic acids is 1. The number of hydrogen-bond acceptors (Lipinski definition) is 6. The number of anilines is 2. The van der Waals surface area contributed by atoms with Crippen molar-refractivity contribution in [1.29, 1.82) is 0 Å². The van der Waals surface area contributed by atoms with Gasteiger partial charge in [0.25, 0.3) is 0 Å². The first-order valence-corrected chi connectivity index (χ1v) is 8.34. The first-order chi connectivity index (χ1) is 12.1. The highest BCUT2D eigenvalue weighted by Gasteiger charge is 2.13. The van der Waals surface area contributed by atoms with Gasteiger partial charge < -0.3 is 15.8 Å². The van der Waals surface area contributed by atoms with Crippen LogP contribution in [0, 0.1) is 0 Å². The summed E-state index contributed by atoms with van der Waals surface area (Å²) < 4.78 is 8.22. The van der Waals surface area contributed by atoms with Crippen LogP contribution in [-0.4, -0.2) is 27.8 Å². The topological polar surface area (TPSA) is 95.1 Å². The number of fused-ring (bicyclic) bond motifs is 3. The molecule has 0 radical (unpaired) electrons. The molecule has 25 heavy (non-hydrogen) atoms. The zero-order valence-electron chi connectivity index (χ0n) is 13.6. The van der Waals surface area contributed by atoms with E-state index >= 15 is 0 Å². The van der Waals surface area contributed by atoms with Gasteiger partial charge in [0, 0.05) is 18.0 Å². The van der Waals surface area contributed by atoms with Crippen LogP contribution in [-0.2, 0) is 7.05 Å². The highest BCUT2D eigenvalue weighted by atomic mass is 32.1. The molecule has 0 aliphatic rings. The average Bonchev–Trinajstić information content (AvgIpc) is 3.17. The van der Waals surface area contributed by atoms with Crippen LogP contribution >= 0.6 is 11.3 Å². The first-order valence-electron chi connectivity index (χ1n) is 7.53. The zero-order chi connectivity index (χ0) is 17.6. The SMILES string of the molecule is COc1ccc(C(N)=O)cc1Nc1nc2c(ccc3c2cnn3C)s1. The molecular weight excluding hydrogens is 338 g/mol. The second kappa shape index (κ2) is 5.75. The molecule has 4 aromatic rings. The average molecular weight is 353 g/mol. The molecule has 0 bridgehead atoms. The zero-order valence-corrected chi connectivity index (χ0v) is 14.4. The largest absolute Gasteiger partial charge is 0.495 e. The third-order valence-electron chi connectivity index (χ3n) is 4.01. The monoisotopic (exact) mass is 353 g/mol. The number of amides is 1. The Labute approximate surface area is 147 Å². The third kappa shape index (κ3) is 2.56. The summed E-state index contributed by atoms with van der Waals surface area (Å²) in [6.45, 7) is 0. The van der Waals surface area contributed by atoms with Crippen LogP contribution in [0.25, 0.3) is 21.1 Å². The van der Waals surface area contributed by atoms with E-state index in [9.17, 15) is 4.79 Å². The second-order valence-electron chi connectivity index (χ2n) is 5.54. The molecule has 0 atom stereocenters. The molecule has 3 N–H and O–H groups in total. The second-order valence-corrected chi connectivity index (χ2v) is 6.57. The Hall–Kier alpha value is -3.13. The van der Waals surface area contributed by atoms with Crippen molar-refractivity contribution in [3.63, 3.8) is 0 Å². The molecule has 1 amide bonds. The Kier molecular flexibility index (Phi) is 3.54. The molecule has 0 aliphatic carbocycles. The number of carbonyl (C=O) groups is 1. The molecule has 0 saturated carbocycles. The predicted octanol–water partition coefficient (Wildman–Crippen LogP) is 3.03. The third-order valence-corrected chi connectivity index (χ3v) is 4.95. The normalized spacial score (nSPS) is 11.1. The number of nitrogens with two attached hydrogens (primary N) is 1. The van der Waals surface area contributed by atoms with Crippen molar-refractivity contribution in [2.45, 2.75) is 0 Å². The van der Waals surface area contributed by atoms with E-state index in [1.165, 1.54) is 11.3 Å².